The standard InChI is InChI=1S/C30H61NO4/c1-28(32)22-17-20-26-34-30(35-27-21-18-23-29(2)33)24-16-14-12-10-8-6-4-3-5-7-9-11-13-15-19-25-31/h3-4,28-30,32-33H,5-27,31H2,1-2H3/b4-3-. The van der Waals surface area contributed by atoms with Crippen LogP contribution >= 0.6 is 0 Å². The molecule has 0 aliphatic carbocycles. The lowest BCUT2D eigenvalue weighted by atomic mass is 10.1. The van der Waals surface area contributed by atoms with Gasteiger partial charge in [-0.2, -0.15) is 0 Å². The van der Waals surface area contributed by atoms with Crippen molar-refractivity contribution >= 4 is 0 Å². The molecule has 0 bridgehead atoms. The molecule has 0 aliphatic rings. The van der Waals surface area contributed by atoms with Gasteiger partial charge in [0.1, 0.15) is 0 Å². The average Bonchev–Trinajstić information content (AvgIpc) is 2.82. The maximum absolute atomic E-state index is 9.39. The van der Waals surface area contributed by atoms with Gasteiger partial charge in [0.2, 0.25) is 0 Å². The average molecular weight is 500 g/mol. The first-order chi connectivity index (χ1) is 17.1. The van der Waals surface area contributed by atoms with E-state index < -0.39 is 0 Å². The van der Waals surface area contributed by atoms with Gasteiger partial charge >= 0.3 is 0 Å². The third-order valence-electron chi connectivity index (χ3n) is 6.44. The Morgan fingerprint density at radius 2 is 0.943 bits per heavy atom. The Morgan fingerprint density at radius 3 is 1.40 bits per heavy atom. The molecule has 4 N–H and O–H groups in total. The number of hydrogen-bond donors (Lipinski definition) is 3. The fraction of sp³-hybridized carbons (Fsp3) is 0.933. The van der Waals surface area contributed by atoms with Gasteiger partial charge in [-0.15, -0.1) is 0 Å². The minimum Gasteiger partial charge on any atom is -0.393 e. The molecule has 0 aromatic carbocycles. The Bertz CT molecular complexity index is 411. The summed E-state index contributed by atoms with van der Waals surface area (Å²) in [5.41, 5.74) is 5.53. The van der Waals surface area contributed by atoms with Crippen LogP contribution in [0.2, 0.25) is 0 Å². The van der Waals surface area contributed by atoms with Crippen molar-refractivity contribution in [3.63, 3.8) is 0 Å². The highest BCUT2D eigenvalue weighted by atomic mass is 16.7. The fourth-order valence-corrected chi connectivity index (χ4v) is 4.18. The van der Waals surface area contributed by atoms with Crippen molar-refractivity contribution in [1.29, 1.82) is 0 Å². The van der Waals surface area contributed by atoms with Crippen LogP contribution in [0.3, 0.4) is 0 Å². The van der Waals surface area contributed by atoms with Crippen LogP contribution in [0.15, 0.2) is 12.2 Å². The number of nitrogens with two attached hydrogens (primary N) is 1. The van der Waals surface area contributed by atoms with Crippen LogP contribution in [0, 0.1) is 0 Å². The zero-order valence-corrected chi connectivity index (χ0v) is 23.4. The molecule has 2 atom stereocenters. The third kappa shape index (κ3) is 29.7. The first-order valence-electron chi connectivity index (χ1n) is 15.0. The monoisotopic (exact) mass is 499 g/mol. The van der Waals surface area contributed by atoms with E-state index in [4.69, 9.17) is 15.2 Å². The summed E-state index contributed by atoms with van der Waals surface area (Å²) < 4.78 is 12.0. The normalized spacial score (nSPS) is 14.5. The molecule has 5 heteroatoms. The maximum atomic E-state index is 9.39. The van der Waals surface area contributed by atoms with Crippen molar-refractivity contribution in [2.45, 2.75) is 161 Å². The molecule has 0 rings (SSSR count). The summed E-state index contributed by atoms with van der Waals surface area (Å²) in [6.45, 7) is 5.91. The fourth-order valence-electron chi connectivity index (χ4n) is 4.18. The molecule has 35 heavy (non-hydrogen) atoms. The van der Waals surface area contributed by atoms with Gasteiger partial charge < -0.3 is 25.4 Å². The van der Waals surface area contributed by atoms with E-state index in [9.17, 15) is 10.2 Å². The Morgan fingerprint density at radius 1 is 0.543 bits per heavy atom. The molecule has 0 saturated carbocycles. The molecule has 0 spiro atoms. The second-order valence-corrected chi connectivity index (χ2v) is 10.4. The van der Waals surface area contributed by atoms with Crippen LogP contribution < -0.4 is 5.73 Å². The topological polar surface area (TPSA) is 84.9 Å². The van der Waals surface area contributed by atoms with Crippen molar-refractivity contribution in [3.05, 3.63) is 12.2 Å². The van der Waals surface area contributed by atoms with E-state index in [1.54, 1.807) is 0 Å². The quantitative estimate of drug-likeness (QED) is 0.0592. The van der Waals surface area contributed by atoms with Gasteiger partial charge in [0, 0.05) is 13.2 Å². The first-order valence-corrected chi connectivity index (χ1v) is 15.0. The lowest BCUT2D eigenvalue weighted by Gasteiger charge is -2.19. The summed E-state index contributed by atoms with van der Waals surface area (Å²) >= 11 is 0. The van der Waals surface area contributed by atoms with E-state index >= 15 is 0 Å². The molecule has 5 nitrogen and oxygen atoms in total. The minimum absolute atomic E-state index is 0.114. The van der Waals surface area contributed by atoms with Crippen molar-refractivity contribution < 1.29 is 19.7 Å². The summed E-state index contributed by atoms with van der Waals surface area (Å²) in [5.74, 6) is 0. The van der Waals surface area contributed by atoms with Crippen LogP contribution in [-0.2, 0) is 9.47 Å². The molecule has 2 unspecified atom stereocenters. The molecule has 0 fully saturated rings. The van der Waals surface area contributed by atoms with Crippen LogP contribution in [0.25, 0.3) is 0 Å². The maximum Gasteiger partial charge on any atom is 0.157 e. The second-order valence-electron chi connectivity index (χ2n) is 10.4. The summed E-state index contributed by atoms with van der Waals surface area (Å²) in [6, 6.07) is 0. The second kappa shape index (κ2) is 28.1. The largest absolute Gasteiger partial charge is 0.393 e. The van der Waals surface area contributed by atoms with E-state index in [1.807, 2.05) is 13.8 Å². The van der Waals surface area contributed by atoms with Crippen LogP contribution in [-0.4, -0.2) is 48.5 Å². The molecule has 0 radical (unpaired) electrons. The number of rotatable bonds is 28. The minimum atomic E-state index is -0.229. The number of hydrogen-bond acceptors (Lipinski definition) is 5. The van der Waals surface area contributed by atoms with E-state index in [-0.39, 0.29) is 18.5 Å². The van der Waals surface area contributed by atoms with Crippen LogP contribution in [0.1, 0.15) is 142 Å². The molecule has 0 saturated heterocycles. The summed E-state index contributed by atoms with van der Waals surface area (Å²) in [5, 5.41) is 18.8. The Kier molecular flexibility index (Phi) is 27.7. The van der Waals surface area contributed by atoms with Crippen LogP contribution in [0.4, 0.5) is 0 Å². The highest BCUT2D eigenvalue weighted by Crippen LogP contribution is 2.14. The van der Waals surface area contributed by atoms with Gasteiger partial charge in [-0.1, -0.05) is 57.1 Å². The Labute approximate surface area is 218 Å². The smallest absolute Gasteiger partial charge is 0.157 e. The predicted molar refractivity (Wildman–Crippen MR) is 150 cm³/mol. The Hall–Kier alpha value is -0.460. The van der Waals surface area contributed by atoms with Gasteiger partial charge in [-0.3, -0.25) is 0 Å². The number of unbranched alkanes of at least 4 members (excludes halogenated alkanes) is 13. The highest BCUT2D eigenvalue weighted by Gasteiger charge is 2.10. The number of aliphatic hydroxyl groups excluding tert-OH is 2. The van der Waals surface area contributed by atoms with Crippen molar-refractivity contribution in [1.82, 2.24) is 0 Å². The lowest BCUT2D eigenvalue weighted by Crippen LogP contribution is -2.19. The number of aliphatic hydroxyl groups is 2. The zero-order valence-electron chi connectivity index (χ0n) is 23.4. The van der Waals surface area contributed by atoms with Crippen molar-refractivity contribution in [2.75, 3.05) is 19.8 Å². The summed E-state index contributed by atoms with van der Waals surface area (Å²) in [4.78, 5) is 0. The van der Waals surface area contributed by atoms with Gasteiger partial charge in [0.15, 0.2) is 6.29 Å². The lowest BCUT2D eigenvalue weighted by molar-refractivity contribution is -0.148. The van der Waals surface area contributed by atoms with Gasteiger partial charge in [-0.05, 0) is 104 Å². The SMILES string of the molecule is CC(O)CCCCOC(CCCCCCC/C=C\CCCCCCCCN)OCCCCC(C)O. The molecule has 0 heterocycles. The number of allylic oxidation sites excluding steroid dienone is 2. The number of ether oxygens (including phenoxy) is 2. The van der Waals surface area contributed by atoms with Crippen molar-refractivity contribution in [3.8, 4) is 0 Å². The predicted octanol–water partition coefficient (Wildman–Crippen LogP) is 7.42. The molecule has 0 amide bonds. The van der Waals surface area contributed by atoms with E-state index in [2.05, 4.69) is 12.2 Å². The molecule has 0 aromatic rings. The summed E-state index contributed by atoms with van der Waals surface area (Å²) in [6.07, 6.45) is 27.3. The van der Waals surface area contributed by atoms with Crippen molar-refractivity contribution in [2.24, 2.45) is 5.73 Å². The van der Waals surface area contributed by atoms with Gasteiger partial charge in [0.25, 0.3) is 0 Å². The van der Waals surface area contributed by atoms with Crippen LogP contribution in [0.5, 0.6) is 0 Å². The molecule has 0 aromatic heterocycles. The van der Waals surface area contributed by atoms with E-state index in [1.165, 1.54) is 77.0 Å². The highest BCUT2D eigenvalue weighted by molar-refractivity contribution is 4.81. The molecule has 0 aliphatic heterocycles. The molecular weight excluding hydrogens is 438 g/mol. The summed E-state index contributed by atoms with van der Waals surface area (Å²) in [7, 11) is 0. The first kappa shape index (κ1) is 34.5. The van der Waals surface area contributed by atoms with Gasteiger partial charge in [-0.25, -0.2) is 0 Å². The molecular formula is C30H61NO4. The van der Waals surface area contributed by atoms with E-state index in [0.29, 0.717) is 13.2 Å². The zero-order chi connectivity index (χ0) is 25.8. The van der Waals surface area contributed by atoms with E-state index in [0.717, 1.165) is 57.9 Å². The molecule has 210 valence electrons. The third-order valence-corrected chi connectivity index (χ3v) is 6.44. The van der Waals surface area contributed by atoms with Gasteiger partial charge in [0.05, 0.1) is 12.2 Å². The Balaban J connectivity index is 3.74.